The van der Waals surface area contributed by atoms with E-state index < -0.39 is 0 Å². The van der Waals surface area contributed by atoms with Crippen molar-refractivity contribution in [1.82, 2.24) is 0 Å². The Labute approximate surface area is 99.3 Å². The minimum absolute atomic E-state index is 0.0101. The van der Waals surface area contributed by atoms with Crippen LogP contribution in [0.25, 0.3) is 0 Å². The molecule has 1 saturated heterocycles. The number of phenols is 1. The van der Waals surface area contributed by atoms with Crippen LogP contribution in [-0.4, -0.2) is 24.9 Å². The molecule has 0 atom stereocenters. The summed E-state index contributed by atoms with van der Waals surface area (Å²) in [4.78, 5) is 10.4. The summed E-state index contributed by atoms with van der Waals surface area (Å²) in [5.41, 5.74) is 0.173. The monoisotopic (exact) mass is 237 g/mol. The van der Waals surface area contributed by atoms with Crippen LogP contribution in [0.5, 0.6) is 11.5 Å². The fraction of sp³-hybridized carbons (Fsp3) is 0.500. The number of rotatable bonds is 4. The van der Waals surface area contributed by atoms with E-state index in [1.807, 2.05) is 0 Å². The summed E-state index contributed by atoms with van der Waals surface area (Å²) in [6, 6.07) is 4.30. The van der Waals surface area contributed by atoms with Crippen LogP contribution in [0.2, 0.25) is 0 Å². The van der Waals surface area contributed by atoms with Gasteiger partial charge in [-0.1, -0.05) is 0 Å². The number of nitrogens with zero attached hydrogens (tertiary/aromatic N) is 1. The molecule has 0 saturated carbocycles. The van der Waals surface area contributed by atoms with Gasteiger partial charge in [-0.25, -0.2) is 0 Å². The van der Waals surface area contributed by atoms with E-state index in [4.69, 9.17) is 9.47 Å². The van der Waals surface area contributed by atoms with Crippen molar-refractivity contribution in [3.8, 4) is 11.5 Å². The molecule has 1 aliphatic rings. The molecule has 0 unspecified atom stereocenters. The quantitative estimate of drug-likeness (QED) is 0.817. The summed E-state index contributed by atoms with van der Waals surface area (Å²) in [5.74, 6) is 0.939. The second-order valence-electron chi connectivity index (χ2n) is 4.14. The van der Waals surface area contributed by atoms with Crippen molar-refractivity contribution in [1.29, 1.82) is 0 Å². The van der Waals surface area contributed by atoms with Gasteiger partial charge in [0.25, 0.3) is 0 Å². The van der Waals surface area contributed by atoms with Crippen LogP contribution in [0.15, 0.2) is 23.4 Å². The molecule has 17 heavy (non-hydrogen) atoms. The molecule has 5 heteroatoms. The molecule has 0 spiro atoms. The van der Waals surface area contributed by atoms with E-state index in [1.54, 1.807) is 0 Å². The number of hydrogen-bond donors (Lipinski definition) is 1. The molecule has 1 aliphatic heterocycles. The fourth-order valence-corrected chi connectivity index (χ4v) is 1.83. The first kappa shape index (κ1) is 11.9. The Kier molecular flexibility index (Phi) is 3.93. The number of ether oxygens (including phenoxy) is 2. The zero-order chi connectivity index (χ0) is 12.1. The first-order valence-electron chi connectivity index (χ1n) is 5.66. The van der Waals surface area contributed by atoms with Gasteiger partial charge >= 0.3 is 0 Å². The van der Waals surface area contributed by atoms with Crippen molar-refractivity contribution in [2.45, 2.75) is 12.8 Å². The number of nitroso groups, excluding NO2 is 1. The van der Waals surface area contributed by atoms with Crippen molar-refractivity contribution in [2.75, 3.05) is 19.8 Å². The highest BCUT2D eigenvalue weighted by Crippen LogP contribution is 2.27. The van der Waals surface area contributed by atoms with Gasteiger partial charge < -0.3 is 14.6 Å². The van der Waals surface area contributed by atoms with E-state index in [9.17, 15) is 10.0 Å². The van der Waals surface area contributed by atoms with Crippen LogP contribution in [0.1, 0.15) is 12.8 Å². The maximum atomic E-state index is 10.4. The van der Waals surface area contributed by atoms with Crippen molar-refractivity contribution in [2.24, 2.45) is 11.1 Å². The second-order valence-corrected chi connectivity index (χ2v) is 4.14. The molecule has 1 fully saturated rings. The lowest BCUT2D eigenvalue weighted by Crippen LogP contribution is -2.21. The van der Waals surface area contributed by atoms with Gasteiger partial charge in [0, 0.05) is 31.4 Å². The SMILES string of the molecule is O=Nc1cc(O)cc(OCC2CCOCC2)c1. The van der Waals surface area contributed by atoms with Crippen LogP contribution in [-0.2, 0) is 4.74 Å². The number of hydrogen-bond acceptors (Lipinski definition) is 5. The molecule has 1 aromatic carbocycles. The van der Waals surface area contributed by atoms with E-state index in [2.05, 4.69) is 5.18 Å². The Morgan fingerprint density at radius 2 is 2.12 bits per heavy atom. The molecule has 5 nitrogen and oxygen atoms in total. The smallest absolute Gasteiger partial charge is 0.125 e. The van der Waals surface area contributed by atoms with Crippen LogP contribution in [0.3, 0.4) is 0 Å². The fourth-order valence-electron chi connectivity index (χ4n) is 1.83. The third-order valence-electron chi connectivity index (χ3n) is 2.81. The average Bonchev–Trinajstić information content (AvgIpc) is 2.37. The lowest BCUT2D eigenvalue weighted by molar-refractivity contribution is 0.0497. The number of benzene rings is 1. The second kappa shape index (κ2) is 5.63. The standard InChI is InChI=1S/C12H15NO4/c14-11-5-10(13-15)6-12(7-11)17-8-9-1-3-16-4-2-9/h5-7,9,14H,1-4,8H2. The highest BCUT2D eigenvalue weighted by molar-refractivity contribution is 5.49. The van der Waals surface area contributed by atoms with Gasteiger partial charge in [0.15, 0.2) is 0 Å². The summed E-state index contributed by atoms with van der Waals surface area (Å²) in [6.07, 6.45) is 1.97. The molecule has 1 N–H and O–H groups in total. The minimum atomic E-state index is -0.0101. The van der Waals surface area contributed by atoms with Gasteiger partial charge in [0.1, 0.15) is 17.2 Å². The molecule has 1 heterocycles. The molecule has 1 aromatic rings. The summed E-state index contributed by atoms with van der Waals surface area (Å²) < 4.78 is 10.8. The Bertz CT molecular complexity index is 388. The van der Waals surface area contributed by atoms with Gasteiger partial charge in [-0.3, -0.25) is 0 Å². The van der Waals surface area contributed by atoms with Crippen LogP contribution in [0.4, 0.5) is 5.69 Å². The van der Waals surface area contributed by atoms with Gasteiger partial charge in [0.05, 0.1) is 6.61 Å². The number of aromatic hydroxyl groups is 1. The molecular formula is C12H15NO4. The Balaban J connectivity index is 1.93. The summed E-state index contributed by atoms with van der Waals surface area (Å²) in [7, 11) is 0. The van der Waals surface area contributed by atoms with Gasteiger partial charge in [-0.05, 0) is 23.9 Å². The van der Waals surface area contributed by atoms with E-state index >= 15 is 0 Å². The molecule has 0 aliphatic carbocycles. The highest BCUT2D eigenvalue weighted by Gasteiger charge is 2.14. The zero-order valence-corrected chi connectivity index (χ0v) is 9.46. The molecule has 2 rings (SSSR count). The van der Waals surface area contributed by atoms with Crippen molar-refractivity contribution in [3.05, 3.63) is 23.1 Å². The maximum absolute atomic E-state index is 10.4. The first-order chi connectivity index (χ1) is 8.28. The van der Waals surface area contributed by atoms with Gasteiger partial charge in [-0.2, -0.15) is 0 Å². The molecule has 0 aromatic heterocycles. The third-order valence-corrected chi connectivity index (χ3v) is 2.81. The zero-order valence-electron chi connectivity index (χ0n) is 9.46. The highest BCUT2D eigenvalue weighted by atomic mass is 16.5. The summed E-state index contributed by atoms with van der Waals surface area (Å²) in [5, 5.41) is 12.1. The lowest BCUT2D eigenvalue weighted by atomic mass is 10.0. The van der Waals surface area contributed by atoms with Crippen molar-refractivity contribution >= 4 is 5.69 Å². The van der Waals surface area contributed by atoms with Crippen LogP contribution in [0, 0.1) is 10.8 Å². The summed E-state index contributed by atoms with van der Waals surface area (Å²) in [6.45, 7) is 2.12. The van der Waals surface area contributed by atoms with Crippen LogP contribution < -0.4 is 4.74 Å². The first-order valence-corrected chi connectivity index (χ1v) is 5.66. The van der Waals surface area contributed by atoms with Gasteiger partial charge in [-0.15, -0.1) is 4.91 Å². The minimum Gasteiger partial charge on any atom is -0.508 e. The van der Waals surface area contributed by atoms with E-state index in [-0.39, 0.29) is 11.4 Å². The largest absolute Gasteiger partial charge is 0.508 e. The van der Waals surface area contributed by atoms with E-state index in [1.165, 1.54) is 18.2 Å². The van der Waals surface area contributed by atoms with Gasteiger partial charge in [0.2, 0.25) is 0 Å². The predicted octanol–water partition coefficient (Wildman–Crippen LogP) is 2.60. The molecule has 92 valence electrons. The number of phenolic OH excluding ortho intramolecular Hbond substituents is 1. The summed E-state index contributed by atoms with van der Waals surface area (Å²) >= 11 is 0. The topological polar surface area (TPSA) is 68.1 Å². The maximum Gasteiger partial charge on any atom is 0.125 e. The normalized spacial score (nSPS) is 16.7. The van der Waals surface area contributed by atoms with Crippen molar-refractivity contribution < 1.29 is 14.6 Å². The molecule has 0 radical (unpaired) electrons. The molecular weight excluding hydrogens is 222 g/mol. The Morgan fingerprint density at radius 1 is 1.35 bits per heavy atom. The van der Waals surface area contributed by atoms with Crippen LogP contribution >= 0.6 is 0 Å². The Hall–Kier alpha value is -1.62. The average molecular weight is 237 g/mol. The third kappa shape index (κ3) is 3.42. The van der Waals surface area contributed by atoms with E-state index in [0.29, 0.717) is 18.3 Å². The predicted molar refractivity (Wildman–Crippen MR) is 62.6 cm³/mol. The Morgan fingerprint density at radius 3 is 2.82 bits per heavy atom. The molecule has 0 bridgehead atoms. The van der Waals surface area contributed by atoms with E-state index in [0.717, 1.165) is 26.1 Å². The molecule has 0 amide bonds. The van der Waals surface area contributed by atoms with Crippen molar-refractivity contribution in [3.63, 3.8) is 0 Å². The lowest BCUT2D eigenvalue weighted by Gasteiger charge is -2.22.